The zero-order chi connectivity index (χ0) is 9.84. The van der Waals surface area contributed by atoms with E-state index >= 15 is 0 Å². The van der Waals surface area contributed by atoms with Crippen LogP contribution in [0.5, 0.6) is 0 Å². The molecule has 0 amide bonds. The number of rotatable bonds is 3. The van der Waals surface area contributed by atoms with Crippen molar-refractivity contribution < 1.29 is 18.6 Å². The lowest BCUT2D eigenvalue weighted by Crippen LogP contribution is -2.00. The Morgan fingerprint density at radius 1 is 1.31 bits per heavy atom. The van der Waals surface area contributed by atoms with E-state index in [0.29, 0.717) is 0 Å². The number of benzene rings is 1. The number of hydrogen-bond donors (Lipinski definition) is 2. The summed E-state index contributed by atoms with van der Waals surface area (Å²) in [6.07, 6.45) is 0. The van der Waals surface area contributed by atoms with Crippen molar-refractivity contribution in [3.8, 4) is 0 Å². The summed E-state index contributed by atoms with van der Waals surface area (Å²) >= 11 is 0. The Kier molecular flexibility index (Phi) is 3.16. The summed E-state index contributed by atoms with van der Waals surface area (Å²) < 4.78 is 30.2. The number of anilines is 1. The van der Waals surface area contributed by atoms with E-state index in [9.17, 15) is 8.78 Å². The quantitative estimate of drug-likeness (QED) is 0.551. The molecule has 0 saturated carbocycles. The minimum atomic E-state index is -0.696. The predicted octanol–water partition coefficient (Wildman–Crippen LogP) is 1.01. The van der Waals surface area contributed by atoms with Crippen molar-refractivity contribution in [2.24, 2.45) is 0 Å². The van der Waals surface area contributed by atoms with Gasteiger partial charge in [0, 0.05) is 11.6 Å². The summed E-state index contributed by atoms with van der Waals surface area (Å²) in [7, 11) is 0. The molecule has 1 aromatic rings. The van der Waals surface area contributed by atoms with Gasteiger partial charge in [-0.1, -0.05) is 0 Å². The van der Waals surface area contributed by atoms with E-state index in [1.807, 2.05) is 0 Å². The molecule has 0 atom stereocenters. The number of halogens is 2. The normalized spacial score (nSPS) is 10.4. The molecule has 0 saturated heterocycles. The van der Waals surface area contributed by atoms with Gasteiger partial charge in [0.05, 0.1) is 12.3 Å². The molecule has 0 fully saturated rings. The second kappa shape index (κ2) is 4.15. The molecule has 0 aliphatic rings. The Labute approximate surface area is 73.7 Å². The van der Waals surface area contributed by atoms with Crippen LogP contribution in [0.1, 0.15) is 5.56 Å². The Bertz CT molecular complexity index is 304. The van der Waals surface area contributed by atoms with Gasteiger partial charge < -0.3 is 15.6 Å². The minimum absolute atomic E-state index is 0.0285. The Balaban J connectivity index is 2.88. The number of nitrogens with two attached hydrogens (primary N) is 1. The second-order valence-corrected chi connectivity index (χ2v) is 2.44. The Morgan fingerprint density at radius 2 is 2.00 bits per heavy atom. The van der Waals surface area contributed by atoms with Gasteiger partial charge in [-0.15, -0.1) is 0 Å². The molecule has 13 heavy (non-hydrogen) atoms. The van der Waals surface area contributed by atoms with Crippen LogP contribution < -0.4 is 5.73 Å². The molecule has 3 N–H and O–H groups in total. The molecule has 5 heteroatoms. The average Bonchev–Trinajstić information content (AvgIpc) is 2.09. The van der Waals surface area contributed by atoms with Crippen molar-refractivity contribution in [1.82, 2.24) is 0 Å². The standard InChI is InChI=1S/C8H9F2NO2/c9-6-2-8(11)7(10)1-5(6)3-13-4-12/h1-2,12H,3-4,11H2. The van der Waals surface area contributed by atoms with Gasteiger partial charge in [-0.3, -0.25) is 0 Å². The number of aliphatic hydroxyl groups excluding tert-OH is 1. The molecule has 0 unspecified atom stereocenters. The molecule has 0 aliphatic heterocycles. The molecule has 1 rings (SSSR count). The van der Waals surface area contributed by atoms with Crippen LogP contribution in [0.4, 0.5) is 14.5 Å². The lowest BCUT2D eigenvalue weighted by molar-refractivity contribution is -0.0122. The minimum Gasteiger partial charge on any atom is -0.396 e. The number of nitrogen functional groups attached to an aromatic ring is 1. The largest absolute Gasteiger partial charge is 0.396 e. The summed E-state index contributed by atoms with van der Waals surface area (Å²) in [6, 6.07) is 1.83. The van der Waals surface area contributed by atoms with E-state index in [0.717, 1.165) is 12.1 Å². The van der Waals surface area contributed by atoms with E-state index in [1.54, 1.807) is 0 Å². The average molecular weight is 189 g/mol. The maximum atomic E-state index is 12.9. The maximum absolute atomic E-state index is 12.9. The van der Waals surface area contributed by atoms with Gasteiger partial charge in [-0.05, 0) is 6.07 Å². The summed E-state index contributed by atoms with van der Waals surface area (Å²) in [6.45, 7) is -0.717. The second-order valence-electron chi connectivity index (χ2n) is 2.44. The molecule has 1 aromatic carbocycles. The highest BCUT2D eigenvalue weighted by molar-refractivity contribution is 5.42. The Hall–Kier alpha value is -1.20. The molecular weight excluding hydrogens is 180 g/mol. The monoisotopic (exact) mass is 189 g/mol. The molecule has 0 heterocycles. The van der Waals surface area contributed by atoms with Crippen LogP contribution in [-0.2, 0) is 11.3 Å². The van der Waals surface area contributed by atoms with Crippen LogP contribution in [0, 0.1) is 11.6 Å². The SMILES string of the molecule is Nc1cc(F)c(COCO)cc1F. The van der Waals surface area contributed by atoms with Gasteiger partial charge in [0.1, 0.15) is 18.4 Å². The smallest absolute Gasteiger partial charge is 0.146 e. The summed E-state index contributed by atoms with van der Waals surface area (Å²) in [5.74, 6) is -1.34. The van der Waals surface area contributed by atoms with Crippen molar-refractivity contribution in [3.63, 3.8) is 0 Å². The van der Waals surface area contributed by atoms with Gasteiger partial charge >= 0.3 is 0 Å². The lowest BCUT2D eigenvalue weighted by Gasteiger charge is -2.04. The fourth-order valence-electron chi connectivity index (χ4n) is 0.870. The van der Waals surface area contributed by atoms with Gasteiger partial charge in [0.25, 0.3) is 0 Å². The van der Waals surface area contributed by atoms with Crippen molar-refractivity contribution in [1.29, 1.82) is 0 Å². The first-order valence-corrected chi connectivity index (χ1v) is 3.57. The van der Waals surface area contributed by atoms with Crippen molar-refractivity contribution >= 4 is 5.69 Å². The van der Waals surface area contributed by atoms with Crippen LogP contribution in [0.25, 0.3) is 0 Å². The fraction of sp³-hybridized carbons (Fsp3) is 0.250. The van der Waals surface area contributed by atoms with Crippen LogP contribution in [-0.4, -0.2) is 11.9 Å². The van der Waals surface area contributed by atoms with E-state index in [-0.39, 0.29) is 17.9 Å². The van der Waals surface area contributed by atoms with E-state index in [4.69, 9.17) is 10.8 Å². The molecule has 0 spiro atoms. The molecule has 3 nitrogen and oxygen atoms in total. The molecule has 0 bridgehead atoms. The van der Waals surface area contributed by atoms with Gasteiger partial charge in [0.15, 0.2) is 0 Å². The molecule has 0 aromatic heterocycles. The van der Waals surface area contributed by atoms with E-state index < -0.39 is 18.4 Å². The third-order valence-corrected chi connectivity index (χ3v) is 1.51. The van der Waals surface area contributed by atoms with Crippen molar-refractivity contribution in [2.45, 2.75) is 6.61 Å². The third-order valence-electron chi connectivity index (χ3n) is 1.51. The fourth-order valence-corrected chi connectivity index (χ4v) is 0.870. The summed E-state index contributed by atoms with van der Waals surface area (Å²) in [5, 5.41) is 8.28. The lowest BCUT2D eigenvalue weighted by atomic mass is 10.2. The zero-order valence-electron chi connectivity index (χ0n) is 6.76. The van der Waals surface area contributed by atoms with Crippen molar-refractivity contribution in [3.05, 3.63) is 29.3 Å². The molecule has 72 valence electrons. The van der Waals surface area contributed by atoms with Crippen LogP contribution in [0.3, 0.4) is 0 Å². The highest BCUT2D eigenvalue weighted by Crippen LogP contribution is 2.16. The van der Waals surface area contributed by atoms with E-state index in [1.165, 1.54) is 0 Å². The number of ether oxygens (including phenoxy) is 1. The third kappa shape index (κ3) is 2.37. The first kappa shape index (κ1) is 9.88. The number of hydrogen-bond acceptors (Lipinski definition) is 3. The van der Waals surface area contributed by atoms with E-state index in [2.05, 4.69) is 4.74 Å². The molecule has 0 aliphatic carbocycles. The zero-order valence-corrected chi connectivity index (χ0v) is 6.76. The predicted molar refractivity (Wildman–Crippen MR) is 42.6 cm³/mol. The maximum Gasteiger partial charge on any atom is 0.146 e. The van der Waals surface area contributed by atoms with Gasteiger partial charge in [-0.25, -0.2) is 8.78 Å². The highest BCUT2D eigenvalue weighted by Gasteiger charge is 2.07. The first-order valence-electron chi connectivity index (χ1n) is 3.57. The van der Waals surface area contributed by atoms with Crippen LogP contribution in [0.2, 0.25) is 0 Å². The summed E-state index contributed by atoms with van der Waals surface area (Å²) in [5.41, 5.74) is 4.90. The van der Waals surface area contributed by atoms with Gasteiger partial charge in [0.2, 0.25) is 0 Å². The summed E-state index contributed by atoms with van der Waals surface area (Å²) in [4.78, 5) is 0. The van der Waals surface area contributed by atoms with Gasteiger partial charge in [-0.2, -0.15) is 0 Å². The molecular formula is C8H9F2NO2. The van der Waals surface area contributed by atoms with Crippen LogP contribution >= 0.6 is 0 Å². The first-order chi connectivity index (χ1) is 6.15. The topological polar surface area (TPSA) is 55.5 Å². The molecule has 0 radical (unpaired) electrons. The number of aliphatic hydroxyl groups is 1. The highest BCUT2D eigenvalue weighted by atomic mass is 19.1. The van der Waals surface area contributed by atoms with Crippen LogP contribution in [0.15, 0.2) is 12.1 Å². The Morgan fingerprint density at radius 3 is 2.62 bits per heavy atom. The van der Waals surface area contributed by atoms with Crippen molar-refractivity contribution in [2.75, 3.05) is 12.5 Å².